The quantitative estimate of drug-likeness (QED) is 0.514. The Morgan fingerprint density at radius 1 is 1.56 bits per heavy atom. The van der Waals surface area contributed by atoms with E-state index in [1.54, 1.807) is 0 Å². The molecule has 9 heavy (non-hydrogen) atoms. The lowest BCUT2D eigenvalue weighted by Crippen LogP contribution is -2.23. The monoisotopic (exact) mass is 124 g/mol. The van der Waals surface area contributed by atoms with Crippen molar-refractivity contribution < 1.29 is 0 Å². The van der Waals surface area contributed by atoms with Gasteiger partial charge in [-0.2, -0.15) is 5.26 Å². The minimum absolute atomic E-state index is 0.0741. The molecule has 2 heteroatoms. The lowest BCUT2D eigenvalue weighted by molar-refractivity contribution is 0.397. The van der Waals surface area contributed by atoms with Crippen molar-refractivity contribution in [2.24, 2.45) is 0 Å². The summed E-state index contributed by atoms with van der Waals surface area (Å²) in [6.45, 7) is 1.91. The molecule has 0 amide bonds. The third-order valence-corrected chi connectivity index (χ3v) is 1.06. The summed E-state index contributed by atoms with van der Waals surface area (Å²) in [4.78, 5) is 1.86. The second-order valence-electron chi connectivity index (χ2n) is 2.06. The molecule has 0 aromatic carbocycles. The largest absolute Gasteiger partial charge is 0.291 e. The maximum absolute atomic E-state index is 8.48. The molecule has 0 aliphatic heterocycles. The van der Waals surface area contributed by atoms with E-state index in [4.69, 9.17) is 5.26 Å². The lowest BCUT2D eigenvalue weighted by Gasteiger charge is -2.11. The van der Waals surface area contributed by atoms with Gasteiger partial charge in [-0.1, -0.05) is 12.2 Å². The molecule has 50 valence electrons. The summed E-state index contributed by atoms with van der Waals surface area (Å²) < 4.78 is 0. The first-order valence-corrected chi connectivity index (χ1v) is 2.91. The first-order valence-electron chi connectivity index (χ1n) is 2.91. The number of allylic oxidation sites excluding steroid dienone is 1. The predicted molar refractivity (Wildman–Crippen MR) is 37.9 cm³/mol. The van der Waals surface area contributed by atoms with Crippen molar-refractivity contribution in [1.82, 2.24) is 4.90 Å². The first kappa shape index (κ1) is 8.19. The first-order chi connectivity index (χ1) is 4.22. The predicted octanol–water partition coefficient (Wildman–Crippen LogP) is 1.02. The Hall–Kier alpha value is -0.810. The number of rotatable bonds is 2. The van der Waals surface area contributed by atoms with Gasteiger partial charge in [0.25, 0.3) is 0 Å². The number of hydrogen-bond acceptors (Lipinski definition) is 2. The van der Waals surface area contributed by atoms with Gasteiger partial charge in [-0.3, -0.25) is 4.90 Å². The maximum Gasteiger partial charge on any atom is 0.116 e. The zero-order valence-corrected chi connectivity index (χ0v) is 6.13. The Morgan fingerprint density at radius 3 is 2.22 bits per heavy atom. The zero-order chi connectivity index (χ0) is 7.28. The van der Waals surface area contributed by atoms with E-state index < -0.39 is 0 Å². The molecule has 1 atom stereocenters. The minimum atomic E-state index is -0.0741. The fraction of sp³-hybridized carbons (Fsp3) is 0.571. The topological polar surface area (TPSA) is 27.0 Å². The third kappa shape index (κ3) is 2.89. The van der Waals surface area contributed by atoms with Crippen molar-refractivity contribution >= 4 is 0 Å². The van der Waals surface area contributed by atoms with Crippen LogP contribution in [-0.2, 0) is 0 Å². The van der Waals surface area contributed by atoms with E-state index in [1.807, 2.05) is 38.1 Å². The highest BCUT2D eigenvalue weighted by Gasteiger charge is 2.01. The average molecular weight is 124 g/mol. The summed E-state index contributed by atoms with van der Waals surface area (Å²) >= 11 is 0. The highest BCUT2D eigenvalue weighted by atomic mass is 15.1. The summed E-state index contributed by atoms with van der Waals surface area (Å²) in [5.74, 6) is 0. The molecule has 0 radical (unpaired) electrons. The Labute approximate surface area is 56.4 Å². The highest BCUT2D eigenvalue weighted by Crippen LogP contribution is 1.91. The molecule has 0 N–H and O–H groups in total. The van der Waals surface area contributed by atoms with Crippen LogP contribution in [0.1, 0.15) is 6.92 Å². The van der Waals surface area contributed by atoms with Crippen molar-refractivity contribution in [2.75, 3.05) is 14.1 Å². The van der Waals surface area contributed by atoms with Gasteiger partial charge in [-0.05, 0) is 21.0 Å². The summed E-state index contributed by atoms with van der Waals surface area (Å²) in [5.41, 5.74) is 0. The molecule has 0 bridgehead atoms. The molecule has 1 unspecified atom stereocenters. The van der Waals surface area contributed by atoms with Crippen LogP contribution in [0.2, 0.25) is 0 Å². The van der Waals surface area contributed by atoms with Crippen LogP contribution >= 0.6 is 0 Å². The number of hydrogen-bond donors (Lipinski definition) is 0. The van der Waals surface area contributed by atoms with Gasteiger partial charge in [0.1, 0.15) is 6.04 Å². The third-order valence-electron chi connectivity index (χ3n) is 1.06. The molecule has 0 aliphatic rings. The van der Waals surface area contributed by atoms with E-state index >= 15 is 0 Å². The van der Waals surface area contributed by atoms with E-state index in [1.165, 1.54) is 0 Å². The summed E-state index contributed by atoms with van der Waals surface area (Å²) in [5, 5.41) is 8.48. The Bertz CT molecular complexity index is 130. The Morgan fingerprint density at radius 2 is 2.11 bits per heavy atom. The van der Waals surface area contributed by atoms with Gasteiger partial charge in [-0.15, -0.1) is 0 Å². The van der Waals surface area contributed by atoms with E-state index in [0.29, 0.717) is 0 Å². The fourth-order valence-corrected chi connectivity index (χ4v) is 0.513. The standard InChI is InChI=1S/C7H12N2/c1-4-5-7(6-8)9(2)3/h4-5,7H,1-3H3/b5-4+. The van der Waals surface area contributed by atoms with Gasteiger partial charge >= 0.3 is 0 Å². The minimum Gasteiger partial charge on any atom is -0.291 e. The second-order valence-corrected chi connectivity index (χ2v) is 2.06. The molecule has 0 spiro atoms. The Kier molecular flexibility index (Phi) is 3.74. The SMILES string of the molecule is C/C=C/C(C#N)N(C)C. The molecule has 0 rings (SSSR count). The molecular formula is C7H12N2. The van der Waals surface area contributed by atoms with Gasteiger partial charge < -0.3 is 0 Å². The van der Waals surface area contributed by atoms with Crippen LogP contribution in [0.25, 0.3) is 0 Å². The molecule has 0 aliphatic carbocycles. The molecule has 0 fully saturated rings. The van der Waals surface area contributed by atoms with Crippen LogP contribution in [0.5, 0.6) is 0 Å². The number of nitriles is 1. The van der Waals surface area contributed by atoms with E-state index in [0.717, 1.165) is 0 Å². The summed E-state index contributed by atoms with van der Waals surface area (Å²) in [6.07, 6.45) is 3.74. The second kappa shape index (κ2) is 4.11. The summed E-state index contributed by atoms with van der Waals surface area (Å²) in [7, 11) is 3.77. The number of nitrogens with zero attached hydrogens (tertiary/aromatic N) is 2. The van der Waals surface area contributed by atoms with Gasteiger partial charge in [-0.25, -0.2) is 0 Å². The van der Waals surface area contributed by atoms with Gasteiger partial charge in [0, 0.05) is 0 Å². The van der Waals surface area contributed by atoms with Crippen LogP contribution in [0.3, 0.4) is 0 Å². The smallest absolute Gasteiger partial charge is 0.116 e. The van der Waals surface area contributed by atoms with Crippen molar-refractivity contribution in [1.29, 1.82) is 5.26 Å². The van der Waals surface area contributed by atoms with Crippen molar-refractivity contribution in [3.05, 3.63) is 12.2 Å². The van der Waals surface area contributed by atoms with Crippen LogP contribution in [0.15, 0.2) is 12.2 Å². The van der Waals surface area contributed by atoms with Crippen LogP contribution in [-0.4, -0.2) is 25.0 Å². The molecule has 0 saturated carbocycles. The molecule has 0 heterocycles. The molecule has 0 saturated heterocycles. The van der Waals surface area contributed by atoms with E-state index in [2.05, 4.69) is 6.07 Å². The van der Waals surface area contributed by atoms with Gasteiger partial charge in [0.05, 0.1) is 6.07 Å². The Balaban J connectivity index is 3.87. The van der Waals surface area contributed by atoms with Gasteiger partial charge in [0.15, 0.2) is 0 Å². The van der Waals surface area contributed by atoms with Crippen molar-refractivity contribution in [3.63, 3.8) is 0 Å². The average Bonchev–Trinajstić information content (AvgIpc) is 1.82. The molecule has 0 aromatic heterocycles. The molecule has 0 aromatic rings. The molecule has 2 nitrogen and oxygen atoms in total. The van der Waals surface area contributed by atoms with Gasteiger partial charge in [0.2, 0.25) is 0 Å². The van der Waals surface area contributed by atoms with E-state index in [9.17, 15) is 0 Å². The zero-order valence-electron chi connectivity index (χ0n) is 6.13. The van der Waals surface area contributed by atoms with E-state index in [-0.39, 0.29) is 6.04 Å². The fourth-order valence-electron chi connectivity index (χ4n) is 0.513. The lowest BCUT2D eigenvalue weighted by atomic mass is 10.3. The van der Waals surface area contributed by atoms with Crippen molar-refractivity contribution in [3.8, 4) is 6.07 Å². The van der Waals surface area contributed by atoms with Crippen LogP contribution in [0.4, 0.5) is 0 Å². The van der Waals surface area contributed by atoms with Crippen molar-refractivity contribution in [2.45, 2.75) is 13.0 Å². The summed E-state index contributed by atoms with van der Waals surface area (Å²) in [6, 6.07) is 2.07. The maximum atomic E-state index is 8.48. The van der Waals surface area contributed by atoms with Crippen LogP contribution in [0, 0.1) is 11.3 Å². The van der Waals surface area contributed by atoms with Crippen LogP contribution < -0.4 is 0 Å². The highest BCUT2D eigenvalue weighted by molar-refractivity contribution is 5.04. The normalized spacial score (nSPS) is 14.1. The molecular weight excluding hydrogens is 112 g/mol. The number of likely N-dealkylation sites (N-methyl/N-ethyl adjacent to an activating group) is 1.